The summed E-state index contributed by atoms with van der Waals surface area (Å²) < 4.78 is 0. The smallest absolute Gasteiger partial charge is 0.0695 e. The van der Waals surface area contributed by atoms with Gasteiger partial charge in [-0.15, -0.1) is 0 Å². The standard InChI is InChI=1S/C11H20N2O/c1-9(2)13(8-4-7-12)10-5-3-6-11(10)14/h9-11,14H,3-6,8H2,1-2H3/t10-,11-/m0/s1. The van der Waals surface area contributed by atoms with Gasteiger partial charge in [0, 0.05) is 25.0 Å². The van der Waals surface area contributed by atoms with Crippen molar-refractivity contribution in [3.8, 4) is 6.07 Å². The van der Waals surface area contributed by atoms with Crippen LogP contribution in [-0.2, 0) is 0 Å². The molecule has 0 aromatic rings. The van der Waals surface area contributed by atoms with Crippen molar-refractivity contribution in [2.24, 2.45) is 0 Å². The van der Waals surface area contributed by atoms with Crippen LogP contribution < -0.4 is 0 Å². The van der Waals surface area contributed by atoms with Crippen LogP contribution in [-0.4, -0.2) is 34.7 Å². The van der Waals surface area contributed by atoms with E-state index in [9.17, 15) is 5.11 Å². The fraction of sp³-hybridized carbons (Fsp3) is 0.909. The van der Waals surface area contributed by atoms with E-state index < -0.39 is 0 Å². The molecule has 0 bridgehead atoms. The Kier molecular flexibility index (Phi) is 4.37. The molecule has 0 unspecified atom stereocenters. The van der Waals surface area contributed by atoms with Crippen LogP contribution in [0.3, 0.4) is 0 Å². The Bertz CT molecular complexity index is 210. The summed E-state index contributed by atoms with van der Waals surface area (Å²) >= 11 is 0. The Labute approximate surface area is 86.3 Å². The van der Waals surface area contributed by atoms with Gasteiger partial charge in [-0.25, -0.2) is 0 Å². The zero-order chi connectivity index (χ0) is 10.6. The number of aliphatic hydroxyl groups is 1. The molecule has 1 N–H and O–H groups in total. The van der Waals surface area contributed by atoms with E-state index in [0.717, 1.165) is 25.8 Å². The van der Waals surface area contributed by atoms with Gasteiger partial charge in [0.1, 0.15) is 0 Å². The molecule has 0 aromatic carbocycles. The Morgan fingerprint density at radius 2 is 2.21 bits per heavy atom. The predicted octanol–water partition coefficient (Wildman–Crippen LogP) is 1.52. The van der Waals surface area contributed by atoms with E-state index in [1.807, 2.05) is 0 Å². The van der Waals surface area contributed by atoms with E-state index in [4.69, 9.17) is 5.26 Å². The lowest BCUT2D eigenvalue weighted by atomic mass is 10.1. The van der Waals surface area contributed by atoms with Crippen molar-refractivity contribution in [3.05, 3.63) is 0 Å². The monoisotopic (exact) mass is 196 g/mol. The lowest BCUT2D eigenvalue weighted by Gasteiger charge is -2.33. The normalized spacial score (nSPS) is 27.1. The van der Waals surface area contributed by atoms with Crippen LogP contribution in [0.2, 0.25) is 0 Å². The van der Waals surface area contributed by atoms with Gasteiger partial charge < -0.3 is 5.11 Å². The van der Waals surface area contributed by atoms with E-state index in [1.165, 1.54) is 0 Å². The van der Waals surface area contributed by atoms with E-state index in [-0.39, 0.29) is 12.1 Å². The summed E-state index contributed by atoms with van der Waals surface area (Å²) in [6.45, 7) is 5.04. The molecule has 1 fully saturated rings. The molecular formula is C11H20N2O. The number of hydrogen-bond acceptors (Lipinski definition) is 3. The van der Waals surface area contributed by atoms with Crippen LogP contribution in [0.5, 0.6) is 0 Å². The van der Waals surface area contributed by atoms with Crippen LogP contribution in [0.4, 0.5) is 0 Å². The third kappa shape index (κ3) is 2.70. The Morgan fingerprint density at radius 3 is 2.64 bits per heavy atom. The minimum absolute atomic E-state index is 0.184. The molecule has 2 atom stereocenters. The maximum Gasteiger partial charge on any atom is 0.0695 e. The number of rotatable bonds is 4. The van der Waals surface area contributed by atoms with Crippen LogP contribution in [0.15, 0.2) is 0 Å². The molecule has 3 heteroatoms. The topological polar surface area (TPSA) is 47.3 Å². The minimum atomic E-state index is -0.184. The molecule has 80 valence electrons. The van der Waals surface area contributed by atoms with Crippen molar-refractivity contribution in [3.63, 3.8) is 0 Å². The van der Waals surface area contributed by atoms with Crippen molar-refractivity contribution in [2.45, 2.75) is 57.7 Å². The third-order valence-corrected chi connectivity index (χ3v) is 3.02. The van der Waals surface area contributed by atoms with Crippen molar-refractivity contribution < 1.29 is 5.11 Å². The molecule has 1 saturated carbocycles. The summed E-state index contributed by atoms with van der Waals surface area (Å²) in [5, 5.41) is 18.3. The zero-order valence-corrected chi connectivity index (χ0v) is 9.11. The molecule has 0 aromatic heterocycles. The van der Waals surface area contributed by atoms with E-state index in [0.29, 0.717) is 12.5 Å². The molecular weight excluding hydrogens is 176 g/mol. The van der Waals surface area contributed by atoms with Crippen LogP contribution in [0.1, 0.15) is 39.5 Å². The highest BCUT2D eigenvalue weighted by Crippen LogP contribution is 2.25. The molecule has 0 amide bonds. The zero-order valence-electron chi connectivity index (χ0n) is 9.11. The van der Waals surface area contributed by atoms with Crippen molar-refractivity contribution in [1.29, 1.82) is 5.26 Å². The molecule has 14 heavy (non-hydrogen) atoms. The summed E-state index contributed by atoms with van der Waals surface area (Å²) in [6, 6.07) is 2.87. The van der Waals surface area contributed by atoms with Gasteiger partial charge in [0.2, 0.25) is 0 Å². The van der Waals surface area contributed by atoms with Crippen molar-refractivity contribution in [1.82, 2.24) is 4.90 Å². The van der Waals surface area contributed by atoms with Gasteiger partial charge in [0.05, 0.1) is 12.2 Å². The van der Waals surface area contributed by atoms with Gasteiger partial charge in [0.15, 0.2) is 0 Å². The van der Waals surface area contributed by atoms with Gasteiger partial charge in [-0.2, -0.15) is 5.26 Å². The van der Waals surface area contributed by atoms with Crippen molar-refractivity contribution in [2.75, 3.05) is 6.54 Å². The summed E-state index contributed by atoms with van der Waals surface area (Å²) in [7, 11) is 0. The summed E-state index contributed by atoms with van der Waals surface area (Å²) in [5.74, 6) is 0. The van der Waals surface area contributed by atoms with Gasteiger partial charge in [0.25, 0.3) is 0 Å². The quantitative estimate of drug-likeness (QED) is 0.741. The maximum absolute atomic E-state index is 9.78. The van der Waals surface area contributed by atoms with E-state index >= 15 is 0 Å². The van der Waals surface area contributed by atoms with Crippen LogP contribution in [0.25, 0.3) is 0 Å². The van der Waals surface area contributed by atoms with Gasteiger partial charge in [-0.1, -0.05) is 0 Å². The molecule has 1 aliphatic rings. The molecule has 0 radical (unpaired) electrons. The predicted molar refractivity (Wildman–Crippen MR) is 55.7 cm³/mol. The first kappa shape index (κ1) is 11.5. The molecule has 0 spiro atoms. The molecule has 0 heterocycles. The molecule has 0 aliphatic heterocycles. The van der Waals surface area contributed by atoms with Crippen LogP contribution in [0, 0.1) is 11.3 Å². The number of aliphatic hydroxyl groups excluding tert-OH is 1. The Balaban J connectivity index is 2.53. The highest BCUT2D eigenvalue weighted by atomic mass is 16.3. The second-order valence-corrected chi connectivity index (χ2v) is 4.31. The SMILES string of the molecule is CC(C)N(CCC#N)[C@H]1CCC[C@@H]1O. The fourth-order valence-electron chi connectivity index (χ4n) is 2.29. The lowest BCUT2D eigenvalue weighted by molar-refractivity contribution is 0.0533. The Hall–Kier alpha value is -0.590. The number of nitrogens with zero attached hydrogens (tertiary/aromatic N) is 2. The summed E-state index contributed by atoms with van der Waals surface area (Å²) in [4.78, 5) is 2.26. The second-order valence-electron chi connectivity index (χ2n) is 4.31. The highest BCUT2D eigenvalue weighted by Gasteiger charge is 2.31. The van der Waals surface area contributed by atoms with Gasteiger partial charge in [-0.05, 0) is 33.1 Å². The molecule has 0 saturated heterocycles. The average molecular weight is 196 g/mol. The maximum atomic E-state index is 9.78. The fourth-order valence-corrected chi connectivity index (χ4v) is 2.29. The van der Waals surface area contributed by atoms with Crippen molar-refractivity contribution >= 4 is 0 Å². The number of hydrogen-bond donors (Lipinski definition) is 1. The van der Waals surface area contributed by atoms with Gasteiger partial charge in [-0.3, -0.25) is 4.90 Å². The minimum Gasteiger partial charge on any atom is -0.391 e. The second kappa shape index (κ2) is 5.33. The first-order chi connectivity index (χ1) is 6.66. The van der Waals surface area contributed by atoms with E-state index in [2.05, 4.69) is 24.8 Å². The highest BCUT2D eigenvalue weighted by molar-refractivity contribution is 4.88. The first-order valence-corrected chi connectivity index (χ1v) is 5.47. The molecule has 1 aliphatic carbocycles. The van der Waals surface area contributed by atoms with Gasteiger partial charge >= 0.3 is 0 Å². The third-order valence-electron chi connectivity index (χ3n) is 3.02. The largest absolute Gasteiger partial charge is 0.391 e. The first-order valence-electron chi connectivity index (χ1n) is 5.47. The van der Waals surface area contributed by atoms with E-state index in [1.54, 1.807) is 0 Å². The summed E-state index contributed by atoms with van der Waals surface area (Å²) in [5.41, 5.74) is 0. The molecule has 3 nitrogen and oxygen atoms in total. The summed E-state index contributed by atoms with van der Waals surface area (Å²) in [6.07, 6.45) is 3.48. The molecule has 1 rings (SSSR count). The number of nitriles is 1. The Morgan fingerprint density at radius 1 is 1.50 bits per heavy atom. The average Bonchev–Trinajstić information content (AvgIpc) is 2.52. The van der Waals surface area contributed by atoms with Crippen LogP contribution >= 0.6 is 0 Å². The lowest BCUT2D eigenvalue weighted by Crippen LogP contribution is -2.45.